The molecule has 0 heterocycles. The minimum atomic E-state index is -0.436. The number of aliphatic hydroxyl groups is 1. The van der Waals surface area contributed by atoms with E-state index in [0.29, 0.717) is 12.6 Å². The summed E-state index contributed by atoms with van der Waals surface area (Å²) in [5, 5.41) is 13.3. The average molecular weight is 249 g/mol. The van der Waals surface area contributed by atoms with E-state index in [-0.39, 0.29) is 5.60 Å². The second-order valence-corrected chi connectivity index (χ2v) is 5.98. The Labute approximate surface area is 109 Å². The molecule has 1 aliphatic carbocycles. The zero-order chi connectivity index (χ0) is 13.2. The lowest BCUT2D eigenvalue weighted by atomic mass is 10.1. The Hall–Kier alpha value is -1.06. The van der Waals surface area contributed by atoms with Gasteiger partial charge in [-0.3, -0.25) is 0 Å². The number of nitrogens with one attached hydrogen (secondary N) is 1. The molecule has 3 nitrogen and oxygen atoms in total. The zero-order valence-electron chi connectivity index (χ0n) is 11.4. The fourth-order valence-electron chi connectivity index (χ4n) is 1.80. The summed E-state index contributed by atoms with van der Waals surface area (Å²) in [5.41, 5.74) is 0.748. The van der Waals surface area contributed by atoms with E-state index in [4.69, 9.17) is 4.74 Å². The summed E-state index contributed by atoms with van der Waals surface area (Å²) in [6.45, 7) is 6.70. The van der Waals surface area contributed by atoms with Crippen LogP contribution < -0.4 is 10.1 Å². The molecule has 0 amide bonds. The molecule has 2 rings (SSSR count). The SMILES string of the molecule is CC(C)(C)Oc1ccc(C(O)CNC2CC2)cc1. The summed E-state index contributed by atoms with van der Waals surface area (Å²) in [5.74, 6) is 0.841. The van der Waals surface area contributed by atoms with Crippen molar-refractivity contribution in [2.24, 2.45) is 0 Å². The van der Waals surface area contributed by atoms with Crippen LogP contribution in [0.25, 0.3) is 0 Å². The first-order chi connectivity index (χ1) is 8.44. The summed E-state index contributed by atoms with van der Waals surface area (Å²) in [6, 6.07) is 8.32. The molecule has 1 aromatic carbocycles. The van der Waals surface area contributed by atoms with Gasteiger partial charge in [-0.2, -0.15) is 0 Å². The van der Waals surface area contributed by atoms with Crippen molar-refractivity contribution in [3.63, 3.8) is 0 Å². The first kappa shape index (κ1) is 13.4. The third kappa shape index (κ3) is 4.31. The van der Waals surface area contributed by atoms with E-state index in [1.165, 1.54) is 12.8 Å². The molecule has 100 valence electrons. The van der Waals surface area contributed by atoms with Gasteiger partial charge in [-0.05, 0) is 51.3 Å². The molecule has 1 aromatic rings. The van der Waals surface area contributed by atoms with Gasteiger partial charge in [0.1, 0.15) is 11.4 Å². The van der Waals surface area contributed by atoms with E-state index >= 15 is 0 Å². The van der Waals surface area contributed by atoms with Gasteiger partial charge in [-0.1, -0.05) is 12.1 Å². The van der Waals surface area contributed by atoms with Gasteiger partial charge in [0.2, 0.25) is 0 Å². The lowest BCUT2D eigenvalue weighted by molar-refractivity contribution is 0.130. The van der Waals surface area contributed by atoms with Gasteiger partial charge in [0, 0.05) is 12.6 Å². The highest BCUT2D eigenvalue weighted by Gasteiger charge is 2.21. The molecule has 0 radical (unpaired) electrons. The van der Waals surface area contributed by atoms with Crippen molar-refractivity contribution in [3.8, 4) is 5.75 Å². The van der Waals surface area contributed by atoms with Crippen LogP contribution in [0, 0.1) is 0 Å². The van der Waals surface area contributed by atoms with E-state index < -0.39 is 6.10 Å². The molecule has 1 aliphatic rings. The van der Waals surface area contributed by atoms with Crippen LogP contribution >= 0.6 is 0 Å². The maximum Gasteiger partial charge on any atom is 0.120 e. The quantitative estimate of drug-likeness (QED) is 0.843. The van der Waals surface area contributed by atoms with Crippen molar-refractivity contribution in [2.75, 3.05) is 6.54 Å². The minimum absolute atomic E-state index is 0.187. The highest BCUT2D eigenvalue weighted by molar-refractivity contribution is 5.29. The maximum absolute atomic E-state index is 10.0. The molecular formula is C15H23NO2. The molecule has 0 bridgehead atoms. The lowest BCUT2D eigenvalue weighted by Crippen LogP contribution is -2.24. The van der Waals surface area contributed by atoms with E-state index in [9.17, 15) is 5.11 Å². The molecule has 1 unspecified atom stereocenters. The van der Waals surface area contributed by atoms with Gasteiger partial charge in [0.05, 0.1) is 6.10 Å². The van der Waals surface area contributed by atoms with Crippen LogP contribution in [-0.2, 0) is 0 Å². The largest absolute Gasteiger partial charge is 0.488 e. The number of hydrogen-bond acceptors (Lipinski definition) is 3. The van der Waals surface area contributed by atoms with Gasteiger partial charge in [-0.15, -0.1) is 0 Å². The Morgan fingerprint density at radius 3 is 2.39 bits per heavy atom. The van der Waals surface area contributed by atoms with Crippen LogP contribution in [0.3, 0.4) is 0 Å². The van der Waals surface area contributed by atoms with Crippen molar-refractivity contribution in [1.82, 2.24) is 5.32 Å². The second kappa shape index (κ2) is 5.29. The van der Waals surface area contributed by atoms with Crippen LogP contribution in [0.2, 0.25) is 0 Å². The topological polar surface area (TPSA) is 41.5 Å². The summed E-state index contributed by atoms with van der Waals surface area (Å²) in [6.07, 6.45) is 2.05. The normalized spacial score (nSPS) is 17.6. The Bertz CT molecular complexity index is 376. The maximum atomic E-state index is 10.0. The summed E-state index contributed by atoms with van der Waals surface area (Å²) < 4.78 is 5.75. The van der Waals surface area contributed by atoms with Crippen LogP contribution in [-0.4, -0.2) is 23.3 Å². The van der Waals surface area contributed by atoms with Gasteiger partial charge in [0.25, 0.3) is 0 Å². The van der Waals surface area contributed by atoms with Crippen molar-refractivity contribution in [1.29, 1.82) is 0 Å². The Balaban J connectivity index is 1.89. The fraction of sp³-hybridized carbons (Fsp3) is 0.600. The molecule has 1 saturated carbocycles. The van der Waals surface area contributed by atoms with Gasteiger partial charge in [-0.25, -0.2) is 0 Å². The highest BCUT2D eigenvalue weighted by atomic mass is 16.5. The molecule has 3 heteroatoms. The molecule has 0 saturated heterocycles. The molecule has 0 aliphatic heterocycles. The van der Waals surface area contributed by atoms with E-state index in [2.05, 4.69) is 5.32 Å². The third-order valence-corrected chi connectivity index (χ3v) is 2.87. The Morgan fingerprint density at radius 2 is 1.89 bits per heavy atom. The van der Waals surface area contributed by atoms with Crippen LogP contribution in [0.15, 0.2) is 24.3 Å². The monoisotopic (exact) mass is 249 g/mol. The van der Waals surface area contributed by atoms with Crippen LogP contribution in [0.4, 0.5) is 0 Å². The standard InChI is InChI=1S/C15H23NO2/c1-15(2,3)18-13-8-4-11(5-9-13)14(17)10-16-12-6-7-12/h4-5,8-9,12,14,16-17H,6-7,10H2,1-3H3. The van der Waals surface area contributed by atoms with Crippen LogP contribution in [0.1, 0.15) is 45.3 Å². The highest BCUT2D eigenvalue weighted by Crippen LogP contribution is 2.23. The van der Waals surface area contributed by atoms with E-state index in [1.807, 2.05) is 45.0 Å². The van der Waals surface area contributed by atoms with Gasteiger partial charge in [0.15, 0.2) is 0 Å². The summed E-state index contributed by atoms with van der Waals surface area (Å²) in [7, 11) is 0. The fourth-order valence-corrected chi connectivity index (χ4v) is 1.80. The lowest BCUT2D eigenvalue weighted by Gasteiger charge is -2.21. The smallest absolute Gasteiger partial charge is 0.120 e. The number of rotatable bonds is 5. The number of aliphatic hydroxyl groups excluding tert-OH is 1. The van der Waals surface area contributed by atoms with Gasteiger partial charge < -0.3 is 15.2 Å². The van der Waals surface area contributed by atoms with Crippen molar-refractivity contribution >= 4 is 0 Å². The zero-order valence-corrected chi connectivity index (χ0v) is 11.4. The average Bonchev–Trinajstić information content (AvgIpc) is 3.08. The molecule has 0 spiro atoms. The van der Waals surface area contributed by atoms with Crippen molar-refractivity contribution in [3.05, 3.63) is 29.8 Å². The molecule has 0 aromatic heterocycles. The van der Waals surface area contributed by atoms with E-state index in [1.54, 1.807) is 0 Å². The predicted molar refractivity (Wildman–Crippen MR) is 72.8 cm³/mol. The molecule has 18 heavy (non-hydrogen) atoms. The molecule has 1 fully saturated rings. The van der Waals surface area contributed by atoms with E-state index in [0.717, 1.165) is 11.3 Å². The first-order valence-electron chi connectivity index (χ1n) is 6.64. The number of hydrogen-bond donors (Lipinski definition) is 2. The Morgan fingerprint density at radius 1 is 1.28 bits per heavy atom. The third-order valence-electron chi connectivity index (χ3n) is 2.87. The summed E-state index contributed by atoms with van der Waals surface area (Å²) >= 11 is 0. The number of benzene rings is 1. The molecule has 1 atom stereocenters. The Kier molecular flexibility index (Phi) is 3.93. The number of ether oxygens (including phenoxy) is 1. The van der Waals surface area contributed by atoms with Crippen molar-refractivity contribution in [2.45, 2.75) is 51.4 Å². The first-order valence-corrected chi connectivity index (χ1v) is 6.64. The summed E-state index contributed by atoms with van der Waals surface area (Å²) in [4.78, 5) is 0. The van der Waals surface area contributed by atoms with Crippen molar-refractivity contribution < 1.29 is 9.84 Å². The predicted octanol–water partition coefficient (Wildman–Crippen LogP) is 2.65. The second-order valence-electron chi connectivity index (χ2n) is 5.98. The van der Waals surface area contributed by atoms with Crippen LogP contribution in [0.5, 0.6) is 5.75 Å². The molecular weight excluding hydrogens is 226 g/mol. The molecule has 2 N–H and O–H groups in total. The minimum Gasteiger partial charge on any atom is -0.488 e. The van der Waals surface area contributed by atoms with Gasteiger partial charge >= 0.3 is 0 Å².